The van der Waals surface area contributed by atoms with Gasteiger partial charge in [-0.05, 0) is 36.4 Å². The molecule has 27 heavy (non-hydrogen) atoms. The number of imide groups is 1. The van der Waals surface area contributed by atoms with Crippen molar-refractivity contribution in [2.24, 2.45) is 0 Å². The first-order valence-electron chi connectivity index (χ1n) is 8.49. The average Bonchev–Trinajstić information content (AvgIpc) is 2.71. The van der Waals surface area contributed by atoms with Gasteiger partial charge in [-0.3, -0.25) is 9.69 Å². The number of carbonyl (C=O) groups is 2. The minimum atomic E-state index is -0.340. The summed E-state index contributed by atoms with van der Waals surface area (Å²) in [5.74, 6) is 0.0612. The van der Waals surface area contributed by atoms with E-state index in [1.165, 1.54) is 16.7 Å². The van der Waals surface area contributed by atoms with Crippen LogP contribution in [0.25, 0.3) is 0 Å². The van der Waals surface area contributed by atoms with Crippen molar-refractivity contribution in [1.29, 1.82) is 0 Å². The lowest BCUT2D eigenvalue weighted by atomic mass is 10.2. The summed E-state index contributed by atoms with van der Waals surface area (Å²) in [6, 6.07) is 22.8. The Kier molecular flexibility index (Phi) is 3.95. The number of amides is 3. The number of nitrogens with zero attached hydrogens (tertiary/aromatic N) is 2. The second-order valence-corrected chi connectivity index (χ2v) is 8.24. The van der Waals surface area contributed by atoms with E-state index in [2.05, 4.69) is 0 Å². The van der Waals surface area contributed by atoms with Gasteiger partial charge in [0.25, 0.3) is 0 Å². The van der Waals surface area contributed by atoms with Crippen LogP contribution in [0.1, 0.15) is 0 Å². The zero-order valence-corrected chi connectivity index (χ0v) is 15.8. The maximum absolute atomic E-state index is 13.7. The summed E-state index contributed by atoms with van der Waals surface area (Å²) in [5.41, 5.74) is 2.25. The fourth-order valence-corrected chi connectivity index (χ4v) is 5.27. The zero-order chi connectivity index (χ0) is 18.4. The van der Waals surface area contributed by atoms with Gasteiger partial charge in [0.1, 0.15) is 0 Å². The Morgan fingerprint density at radius 3 is 1.78 bits per heavy atom. The van der Waals surface area contributed by atoms with Gasteiger partial charge in [-0.1, -0.05) is 48.2 Å². The van der Waals surface area contributed by atoms with Crippen LogP contribution in [0.3, 0.4) is 0 Å². The fraction of sp³-hybridized carbons (Fsp3) is 0.0476. The molecule has 2 heterocycles. The van der Waals surface area contributed by atoms with E-state index in [-0.39, 0.29) is 17.7 Å². The van der Waals surface area contributed by atoms with Crippen LogP contribution in [0.4, 0.5) is 21.9 Å². The minimum absolute atomic E-state index is 0.197. The van der Waals surface area contributed by atoms with Crippen molar-refractivity contribution in [3.8, 4) is 0 Å². The summed E-state index contributed by atoms with van der Waals surface area (Å²) >= 11 is 3.11. The Hall–Kier alpha value is -2.70. The van der Waals surface area contributed by atoms with Crippen molar-refractivity contribution >= 4 is 52.5 Å². The van der Waals surface area contributed by atoms with Gasteiger partial charge in [-0.15, -0.1) is 11.8 Å². The number of rotatable bonds is 0. The van der Waals surface area contributed by atoms with E-state index < -0.39 is 0 Å². The van der Waals surface area contributed by atoms with Crippen LogP contribution < -0.4 is 9.80 Å². The summed E-state index contributed by atoms with van der Waals surface area (Å²) in [7, 11) is 0. The number of benzene rings is 3. The largest absolute Gasteiger partial charge is 0.340 e. The normalized spacial score (nSPS) is 15.0. The lowest BCUT2D eigenvalue weighted by Crippen LogP contribution is -2.47. The lowest BCUT2D eigenvalue weighted by Gasteiger charge is -2.36. The highest BCUT2D eigenvalue weighted by molar-refractivity contribution is 8.00. The molecule has 0 unspecified atom stereocenters. The van der Waals surface area contributed by atoms with Crippen molar-refractivity contribution < 1.29 is 9.59 Å². The van der Waals surface area contributed by atoms with E-state index in [1.54, 1.807) is 16.7 Å². The molecule has 3 amide bonds. The lowest BCUT2D eigenvalue weighted by molar-refractivity contribution is -0.115. The standard InChI is InChI=1S/C21H14N2O2S2/c24-20-13-26-17-10-4-1-7-14(17)23(20)21(25)22-15-8-2-5-11-18(15)27-19-12-6-3-9-16(19)22/h1-12H,13H2. The summed E-state index contributed by atoms with van der Waals surface area (Å²) in [5, 5.41) is 0. The van der Waals surface area contributed by atoms with E-state index in [4.69, 9.17) is 0 Å². The van der Waals surface area contributed by atoms with E-state index in [9.17, 15) is 9.59 Å². The Morgan fingerprint density at radius 2 is 1.19 bits per heavy atom. The van der Waals surface area contributed by atoms with Crippen LogP contribution in [0.2, 0.25) is 0 Å². The summed E-state index contributed by atoms with van der Waals surface area (Å²) in [4.78, 5) is 32.3. The predicted octanol–water partition coefficient (Wildman–Crippen LogP) is 5.55. The number of thioether (sulfide) groups is 1. The molecule has 3 aromatic rings. The predicted molar refractivity (Wildman–Crippen MR) is 109 cm³/mol. The third-order valence-corrected chi connectivity index (χ3v) is 6.70. The summed E-state index contributed by atoms with van der Waals surface area (Å²) in [6.07, 6.45) is 0. The first-order chi connectivity index (χ1) is 13.2. The molecule has 2 aliphatic heterocycles. The molecule has 5 rings (SSSR count). The average molecular weight is 390 g/mol. The molecule has 0 atom stereocenters. The molecule has 0 bridgehead atoms. The van der Waals surface area contributed by atoms with E-state index >= 15 is 0 Å². The van der Waals surface area contributed by atoms with Crippen molar-refractivity contribution in [1.82, 2.24) is 0 Å². The number of urea groups is 1. The smallest absolute Gasteiger partial charge is 0.273 e. The van der Waals surface area contributed by atoms with Crippen LogP contribution in [0, 0.1) is 0 Å². The van der Waals surface area contributed by atoms with Crippen molar-refractivity contribution in [2.75, 3.05) is 15.6 Å². The maximum Gasteiger partial charge on any atom is 0.340 e. The SMILES string of the molecule is O=C1CSc2ccccc2N1C(=O)N1c2ccccc2Sc2ccccc21. The second-order valence-electron chi connectivity index (χ2n) is 6.14. The number of fused-ring (bicyclic) bond motifs is 3. The first kappa shape index (κ1) is 16.5. The Labute approximate surface area is 165 Å². The van der Waals surface area contributed by atoms with Crippen molar-refractivity contribution in [3.05, 3.63) is 72.8 Å². The van der Waals surface area contributed by atoms with Crippen LogP contribution in [0.5, 0.6) is 0 Å². The zero-order valence-electron chi connectivity index (χ0n) is 14.2. The van der Waals surface area contributed by atoms with Gasteiger partial charge in [0.15, 0.2) is 0 Å². The van der Waals surface area contributed by atoms with Gasteiger partial charge in [0, 0.05) is 14.7 Å². The number of para-hydroxylation sites is 3. The molecule has 0 saturated heterocycles. The molecule has 0 fully saturated rings. The highest BCUT2D eigenvalue weighted by Crippen LogP contribution is 2.49. The molecular weight excluding hydrogens is 376 g/mol. The Balaban J connectivity index is 1.67. The maximum atomic E-state index is 13.7. The Morgan fingerprint density at radius 1 is 0.704 bits per heavy atom. The second kappa shape index (κ2) is 6.48. The van der Waals surface area contributed by atoms with Gasteiger partial charge in [-0.2, -0.15) is 0 Å². The topological polar surface area (TPSA) is 40.6 Å². The summed E-state index contributed by atoms with van der Waals surface area (Å²) in [6.45, 7) is 0. The highest BCUT2D eigenvalue weighted by atomic mass is 32.2. The van der Waals surface area contributed by atoms with Crippen molar-refractivity contribution in [2.45, 2.75) is 14.7 Å². The van der Waals surface area contributed by atoms with Crippen LogP contribution >= 0.6 is 23.5 Å². The van der Waals surface area contributed by atoms with Crippen LogP contribution in [-0.4, -0.2) is 17.7 Å². The van der Waals surface area contributed by atoms with Gasteiger partial charge in [0.05, 0.1) is 22.8 Å². The third kappa shape index (κ3) is 2.64. The van der Waals surface area contributed by atoms with Crippen LogP contribution in [-0.2, 0) is 4.79 Å². The molecule has 4 nitrogen and oxygen atoms in total. The molecule has 0 radical (unpaired) electrons. The van der Waals surface area contributed by atoms with E-state index in [0.717, 1.165) is 26.1 Å². The molecule has 0 spiro atoms. The summed E-state index contributed by atoms with van der Waals surface area (Å²) < 4.78 is 0. The van der Waals surface area contributed by atoms with Gasteiger partial charge in [0.2, 0.25) is 5.91 Å². The molecule has 0 aromatic heterocycles. The van der Waals surface area contributed by atoms with E-state index in [1.807, 2.05) is 72.8 Å². The van der Waals surface area contributed by atoms with E-state index in [0.29, 0.717) is 5.69 Å². The molecule has 0 aliphatic carbocycles. The number of hydrogen-bond acceptors (Lipinski definition) is 4. The molecule has 6 heteroatoms. The number of anilines is 3. The Bertz CT molecular complexity index is 1040. The quantitative estimate of drug-likeness (QED) is 0.505. The molecule has 132 valence electrons. The first-order valence-corrected chi connectivity index (χ1v) is 10.3. The number of hydrogen-bond donors (Lipinski definition) is 0. The van der Waals surface area contributed by atoms with Crippen molar-refractivity contribution in [3.63, 3.8) is 0 Å². The molecule has 0 N–H and O–H groups in total. The third-order valence-electron chi connectivity index (χ3n) is 4.52. The number of carbonyl (C=O) groups excluding carboxylic acids is 2. The van der Waals surface area contributed by atoms with Gasteiger partial charge < -0.3 is 0 Å². The van der Waals surface area contributed by atoms with Crippen LogP contribution in [0.15, 0.2) is 87.5 Å². The molecule has 3 aromatic carbocycles. The molecular formula is C21H14N2O2S2. The molecule has 2 aliphatic rings. The van der Waals surface area contributed by atoms with Gasteiger partial charge in [-0.25, -0.2) is 9.69 Å². The molecule has 0 saturated carbocycles. The highest BCUT2D eigenvalue weighted by Gasteiger charge is 2.37. The monoisotopic (exact) mass is 390 g/mol. The fourth-order valence-electron chi connectivity index (χ4n) is 3.32. The van der Waals surface area contributed by atoms with Gasteiger partial charge >= 0.3 is 6.03 Å². The minimum Gasteiger partial charge on any atom is -0.273 e.